The van der Waals surface area contributed by atoms with Crippen molar-refractivity contribution in [2.75, 3.05) is 7.05 Å². The smallest absolute Gasteiger partial charge is 0.132 e. The van der Waals surface area contributed by atoms with Gasteiger partial charge in [0.1, 0.15) is 11.5 Å². The lowest BCUT2D eigenvalue weighted by molar-refractivity contribution is 0.338. The first-order valence-electron chi connectivity index (χ1n) is 9.82. The highest BCUT2D eigenvalue weighted by molar-refractivity contribution is 6.13. The van der Waals surface area contributed by atoms with E-state index in [4.69, 9.17) is 5.73 Å². The number of nitrogens with zero attached hydrogens (tertiary/aromatic N) is 3. The van der Waals surface area contributed by atoms with Crippen molar-refractivity contribution < 1.29 is 4.39 Å². The summed E-state index contributed by atoms with van der Waals surface area (Å²) < 4.78 is 14.8. The Bertz CT molecular complexity index is 1090. The van der Waals surface area contributed by atoms with E-state index in [-0.39, 0.29) is 5.82 Å². The van der Waals surface area contributed by atoms with E-state index in [1.54, 1.807) is 19.5 Å². The van der Waals surface area contributed by atoms with E-state index in [2.05, 4.69) is 25.5 Å². The van der Waals surface area contributed by atoms with Crippen LogP contribution in [0.5, 0.6) is 0 Å². The molecule has 0 unspecified atom stereocenters. The number of halogens is 1. The zero-order valence-electron chi connectivity index (χ0n) is 16.7. The third-order valence-electron chi connectivity index (χ3n) is 5.64. The second-order valence-electron chi connectivity index (χ2n) is 7.41. The second kappa shape index (κ2) is 8.13. The van der Waals surface area contributed by atoms with E-state index in [0.717, 1.165) is 28.6 Å². The molecule has 1 saturated carbocycles. The molecule has 4 N–H and O–H groups in total. The molecule has 29 heavy (non-hydrogen) atoms. The first-order chi connectivity index (χ1) is 14.1. The van der Waals surface area contributed by atoms with Crippen molar-refractivity contribution in [1.29, 1.82) is 0 Å². The van der Waals surface area contributed by atoms with Gasteiger partial charge in [-0.1, -0.05) is 12.5 Å². The molecular weight excluding hydrogens is 367 g/mol. The van der Waals surface area contributed by atoms with Crippen LogP contribution >= 0.6 is 0 Å². The van der Waals surface area contributed by atoms with E-state index >= 15 is 0 Å². The number of H-pyrrole nitrogens is 1. The summed E-state index contributed by atoms with van der Waals surface area (Å²) in [4.78, 5) is 8.52. The van der Waals surface area contributed by atoms with Crippen molar-refractivity contribution in [3.8, 4) is 11.3 Å². The van der Waals surface area contributed by atoms with Gasteiger partial charge in [0.25, 0.3) is 0 Å². The van der Waals surface area contributed by atoms with Crippen LogP contribution in [0.3, 0.4) is 0 Å². The Morgan fingerprint density at radius 1 is 1.41 bits per heavy atom. The summed E-state index contributed by atoms with van der Waals surface area (Å²) in [6, 6.07) is 5.81. The number of aliphatic imine (C=N–C) groups is 1. The fraction of sp³-hybridized carbons (Fsp3) is 0.318. The Labute approximate surface area is 169 Å². The molecule has 2 aromatic heterocycles. The van der Waals surface area contributed by atoms with Gasteiger partial charge in [-0.05, 0) is 43.0 Å². The molecule has 0 saturated heterocycles. The molecule has 1 fully saturated rings. The van der Waals surface area contributed by atoms with Crippen LogP contribution < -0.4 is 11.1 Å². The molecule has 1 aliphatic carbocycles. The third-order valence-corrected chi connectivity index (χ3v) is 5.64. The molecule has 0 amide bonds. The van der Waals surface area contributed by atoms with E-state index in [1.165, 1.54) is 31.5 Å². The van der Waals surface area contributed by atoms with Crippen LogP contribution in [0.1, 0.15) is 36.1 Å². The summed E-state index contributed by atoms with van der Waals surface area (Å²) in [5.41, 5.74) is 10.9. The Kier molecular flexibility index (Phi) is 5.40. The van der Waals surface area contributed by atoms with Gasteiger partial charge in [-0.15, -0.1) is 0 Å². The molecule has 4 rings (SSSR count). The SMILES string of the molecule is CN=CC(=CN)c1n[nH]c2cnc(-c3c(F)ccc(CNC4CCC4)c3C)cc12. The van der Waals surface area contributed by atoms with Crippen LogP contribution in [0.2, 0.25) is 0 Å². The Hall–Kier alpha value is -3.06. The van der Waals surface area contributed by atoms with Gasteiger partial charge < -0.3 is 11.1 Å². The number of benzene rings is 1. The van der Waals surface area contributed by atoms with Gasteiger partial charge >= 0.3 is 0 Å². The Balaban J connectivity index is 1.75. The van der Waals surface area contributed by atoms with Crippen LogP contribution in [-0.4, -0.2) is 34.5 Å². The molecule has 7 heteroatoms. The predicted octanol–water partition coefficient (Wildman–Crippen LogP) is 3.71. The molecule has 0 radical (unpaired) electrons. The highest BCUT2D eigenvalue weighted by Gasteiger charge is 2.19. The fourth-order valence-corrected chi connectivity index (χ4v) is 3.69. The number of aromatic amines is 1. The average molecular weight is 392 g/mol. The average Bonchev–Trinajstić information content (AvgIpc) is 3.10. The van der Waals surface area contributed by atoms with Crippen LogP contribution in [0.4, 0.5) is 4.39 Å². The highest BCUT2D eigenvalue weighted by Crippen LogP contribution is 2.31. The maximum atomic E-state index is 14.8. The van der Waals surface area contributed by atoms with E-state index in [1.807, 2.05) is 19.1 Å². The van der Waals surface area contributed by atoms with Crippen LogP contribution in [0.25, 0.3) is 27.7 Å². The number of allylic oxidation sites excluding steroid dienone is 1. The number of aromatic nitrogens is 3. The van der Waals surface area contributed by atoms with Crippen molar-refractivity contribution in [1.82, 2.24) is 20.5 Å². The quantitative estimate of drug-likeness (QED) is 0.558. The summed E-state index contributed by atoms with van der Waals surface area (Å²) in [7, 11) is 1.67. The van der Waals surface area contributed by atoms with Crippen molar-refractivity contribution in [2.45, 2.75) is 38.8 Å². The maximum Gasteiger partial charge on any atom is 0.132 e. The maximum absolute atomic E-state index is 14.8. The Morgan fingerprint density at radius 2 is 2.24 bits per heavy atom. The van der Waals surface area contributed by atoms with Gasteiger partial charge in [-0.2, -0.15) is 5.10 Å². The lowest BCUT2D eigenvalue weighted by Gasteiger charge is -2.27. The fourth-order valence-electron chi connectivity index (χ4n) is 3.69. The number of rotatable bonds is 6. The normalized spacial score (nSPS) is 15.3. The minimum absolute atomic E-state index is 0.281. The summed E-state index contributed by atoms with van der Waals surface area (Å²) in [5, 5.41) is 11.7. The molecule has 0 aliphatic heterocycles. The summed E-state index contributed by atoms with van der Waals surface area (Å²) in [5.74, 6) is -0.281. The molecule has 6 nitrogen and oxygen atoms in total. The van der Waals surface area contributed by atoms with Gasteiger partial charge in [0, 0.05) is 48.6 Å². The molecular formula is C22H25FN6. The van der Waals surface area contributed by atoms with Crippen molar-refractivity contribution >= 4 is 22.7 Å². The van der Waals surface area contributed by atoms with Crippen LogP contribution in [0, 0.1) is 12.7 Å². The zero-order valence-corrected chi connectivity index (χ0v) is 16.7. The minimum Gasteiger partial charge on any atom is -0.404 e. The molecule has 0 bridgehead atoms. The van der Waals surface area contributed by atoms with Crippen molar-refractivity contribution in [3.05, 3.63) is 53.2 Å². The monoisotopic (exact) mass is 392 g/mol. The van der Waals surface area contributed by atoms with Crippen LogP contribution in [-0.2, 0) is 6.54 Å². The zero-order chi connectivity index (χ0) is 20.4. The van der Waals surface area contributed by atoms with Gasteiger partial charge in [0.2, 0.25) is 0 Å². The number of hydrogen-bond acceptors (Lipinski definition) is 5. The van der Waals surface area contributed by atoms with Crippen molar-refractivity contribution in [2.24, 2.45) is 10.7 Å². The van der Waals surface area contributed by atoms with Gasteiger partial charge in [0.15, 0.2) is 0 Å². The molecule has 0 spiro atoms. The van der Waals surface area contributed by atoms with E-state index < -0.39 is 0 Å². The first kappa shape index (κ1) is 19.3. The van der Waals surface area contributed by atoms with Crippen LogP contribution in [0.15, 0.2) is 35.6 Å². The molecule has 0 atom stereocenters. The lowest BCUT2D eigenvalue weighted by atomic mass is 9.92. The van der Waals surface area contributed by atoms with Gasteiger partial charge in [-0.3, -0.25) is 15.1 Å². The van der Waals surface area contributed by atoms with E-state index in [0.29, 0.717) is 28.6 Å². The lowest BCUT2D eigenvalue weighted by Crippen LogP contribution is -2.34. The molecule has 1 aliphatic rings. The second-order valence-corrected chi connectivity index (χ2v) is 7.41. The van der Waals surface area contributed by atoms with E-state index in [9.17, 15) is 4.39 Å². The summed E-state index contributed by atoms with van der Waals surface area (Å²) in [6.45, 7) is 2.68. The number of nitrogens with two attached hydrogens (primary N) is 1. The third kappa shape index (κ3) is 3.65. The first-order valence-corrected chi connectivity index (χ1v) is 9.82. The number of hydrogen-bond donors (Lipinski definition) is 3. The molecule has 1 aromatic carbocycles. The van der Waals surface area contributed by atoms with Gasteiger partial charge in [-0.25, -0.2) is 4.39 Å². The number of nitrogens with one attached hydrogen (secondary N) is 2. The minimum atomic E-state index is -0.281. The summed E-state index contributed by atoms with van der Waals surface area (Å²) in [6.07, 6.45) is 8.50. The van der Waals surface area contributed by atoms with Gasteiger partial charge in [0.05, 0.1) is 17.4 Å². The Morgan fingerprint density at radius 3 is 2.93 bits per heavy atom. The molecule has 3 aromatic rings. The number of fused-ring (bicyclic) bond motifs is 1. The standard InChI is InChI=1S/C22H25FN6/c1-13-14(11-26-16-4-3-5-16)6-7-18(23)21(13)19-8-17-20(12-27-19)28-29-22(17)15(9-24)10-25-2/h6-10,12,16,26H,3-5,11,24H2,1-2H3,(H,28,29). The summed E-state index contributed by atoms with van der Waals surface area (Å²) >= 11 is 0. The number of pyridine rings is 1. The predicted molar refractivity (Wildman–Crippen MR) is 115 cm³/mol. The topological polar surface area (TPSA) is 92.0 Å². The highest BCUT2D eigenvalue weighted by atomic mass is 19.1. The van der Waals surface area contributed by atoms with Crippen molar-refractivity contribution in [3.63, 3.8) is 0 Å². The largest absolute Gasteiger partial charge is 0.404 e. The molecule has 150 valence electrons. The molecule has 2 heterocycles.